The van der Waals surface area contributed by atoms with Crippen molar-refractivity contribution >= 4 is 5.91 Å². The Morgan fingerprint density at radius 2 is 2.25 bits per heavy atom. The number of amides is 1. The van der Waals surface area contributed by atoms with Crippen LogP contribution >= 0.6 is 0 Å². The molecule has 3 N–H and O–H groups in total. The molecule has 0 saturated carbocycles. The van der Waals surface area contributed by atoms with Gasteiger partial charge in [0.25, 0.3) is 5.91 Å². The number of nitrogens with two attached hydrogens (primary N) is 1. The Labute approximate surface area is 119 Å². The minimum absolute atomic E-state index is 0.0859. The maximum Gasteiger partial charge on any atom is 0.252 e. The molecular weight excluding hydrogens is 255 g/mol. The van der Waals surface area contributed by atoms with Gasteiger partial charge in [0.05, 0.1) is 12.1 Å². The Balaban J connectivity index is 2.86. The molecule has 0 aliphatic carbocycles. The van der Waals surface area contributed by atoms with E-state index in [-0.39, 0.29) is 18.5 Å². The van der Waals surface area contributed by atoms with Crippen molar-refractivity contribution in [2.24, 2.45) is 5.73 Å². The smallest absolute Gasteiger partial charge is 0.252 e. The second-order valence-corrected chi connectivity index (χ2v) is 4.71. The molecular formula is C16H21FN2O. The quantitative estimate of drug-likeness (QED) is 0.812. The van der Waals surface area contributed by atoms with Gasteiger partial charge < -0.3 is 11.1 Å². The van der Waals surface area contributed by atoms with Crippen LogP contribution in [0.4, 0.5) is 4.39 Å². The average molecular weight is 276 g/mol. The van der Waals surface area contributed by atoms with Crippen molar-refractivity contribution in [1.29, 1.82) is 0 Å². The summed E-state index contributed by atoms with van der Waals surface area (Å²) in [5.74, 6) is 4.74. The topological polar surface area (TPSA) is 55.1 Å². The van der Waals surface area contributed by atoms with Gasteiger partial charge in [-0.1, -0.05) is 31.6 Å². The molecule has 0 aliphatic heterocycles. The van der Waals surface area contributed by atoms with E-state index in [2.05, 4.69) is 24.1 Å². The fourth-order valence-corrected chi connectivity index (χ4v) is 1.85. The van der Waals surface area contributed by atoms with Gasteiger partial charge in [-0.05, 0) is 31.5 Å². The maximum absolute atomic E-state index is 13.2. The first-order chi connectivity index (χ1) is 9.58. The summed E-state index contributed by atoms with van der Waals surface area (Å²) in [5.41, 5.74) is 6.06. The van der Waals surface area contributed by atoms with Crippen molar-refractivity contribution in [1.82, 2.24) is 5.32 Å². The van der Waals surface area contributed by atoms with E-state index in [1.165, 1.54) is 18.2 Å². The minimum Gasteiger partial charge on any atom is -0.350 e. The second kappa shape index (κ2) is 8.34. The summed E-state index contributed by atoms with van der Waals surface area (Å²) in [6, 6.07) is 4.06. The van der Waals surface area contributed by atoms with Crippen molar-refractivity contribution in [3.05, 3.63) is 35.1 Å². The normalized spacial score (nSPS) is 11.4. The fourth-order valence-electron chi connectivity index (χ4n) is 1.85. The van der Waals surface area contributed by atoms with Gasteiger partial charge in [0.1, 0.15) is 5.82 Å². The highest BCUT2D eigenvalue weighted by Gasteiger charge is 2.13. The molecule has 0 aromatic heterocycles. The molecule has 1 atom stereocenters. The number of unbranched alkanes of at least 4 members (excludes halogenated alkanes) is 1. The van der Waals surface area contributed by atoms with Gasteiger partial charge in [0, 0.05) is 11.6 Å². The summed E-state index contributed by atoms with van der Waals surface area (Å²) in [4.78, 5) is 12.2. The van der Waals surface area contributed by atoms with Crippen LogP contribution in [0.25, 0.3) is 0 Å². The van der Waals surface area contributed by atoms with Gasteiger partial charge in [0.15, 0.2) is 0 Å². The number of carbonyl (C=O) groups excluding carboxylic acids is 1. The van der Waals surface area contributed by atoms with E-state index in [1.807, 2.05) is 6.92 Å². The zero-order valence-corrected chi connectivity index (χ0v) is 12.0. The molecule has 0 saturated heterocycles. The van der Waals surface area contributed by atoms with Crippen molar-refractivity contribution in [2.45, 2.75) is 39.2 Å². The van der Waals surface area contributed by atoms with Gasteiger partial charge in [0.2, 0.25) is 0 Å². The van der Waals surface area contributed by atoms with E-state index in [9.17, 15) is 9.18 Å². The number of nitrogens with one attached hydrogen (secondary N) is 1. The number of halogens is 1. The first kappa shape index (κ1) is 16.2. The van der Waals surface area contributed by atoms with E-state index in [1.54, 1.807) is 0 Å². The molecule has 0 radical (unpaired) electrons. The number of carbonyl (C=O) groups is 1. The molecule has 0 spiro atoms. The lowest BCUT2D eigenvalue weighted by Crippen LogP contribution is -2.33. The number of rotatable bonds is 5. The van der Waals surface area contributed by atoms with Gasteiger partial charge in [-0.2, -0.15) is 0 Å². The zero-order valence-electron chi connectivity index (χ0n) is 12.0. The third kappa shape index (κ3) is 5.02. The first-order valence-corrected chi connectivity index (χ1v) is 6.87. The van der Waals surface area contributed by atoms with E-state index >= 15 is 0 Å². The Bertz CT molecular complexity index is 517. The van der Waals surface area contributed by atoms with Crippen LogP contribution in [0.1, 0.15) is 49.0 Å². The fraction of sp³-hybridized carbons (Fsp3) is 0.438. The van der Waals surface area contributed by atoms with Crippen LogP contribution in [0.3, 0.4) is 0 Å². The highest BCUT2D eigenvalue weighted by atomic mass is 19.1. The molecule has 108 valence electrons. The minimum atomic E-state index is -0.415. The summed E-state index contributed by atoms with van der Waals surface area (Å²) >= 11 is 0. The van der Waals surface area contributed by atoms with E-state index in [4.69, 9.17) is 5.73 Å². The van der Waals surface area contributed by atoms with Gasteiger partial charge in [-0.25, -0.2) is 4.39 Å². The molecule has 0 aliphatic rings. The predicted molar refractivity (Wildman–Crippen MR) is 78.8 cm³/mol. The van der Waals surface area contributed by atoms with Crippen LogP contribution in [0.15, 0.2) is 18.2 Å². The Kier molecular flexibility index (Phi) is 6.75. The van der Waals surface area contributed by atoms with Crippen LogP contribution in [0.5, 0.6) is 0 Å². The molecule has 1 unspecified atom stereocenters. The lowest BCUT2D eigenvalue weighted by Gasteiger charge is -2.14. The molecule has 1 aromatic carbocycles. The maximum atomic E-state index is 13.2. The van der Waals surface area contributed by atoms with Gasteiger partial charge in [-0.15, -0.1) is 0 Å². The van der Waals surface area contributed by atoms with Crippen LogP contribution in [-0.2, 0) is 0 Å². The second-order valence-electron chi connectivity index (χ2n) is 4.71. The zero-order chi connectivity index (χ0) is 15.0. The van der Waals surface area contributed by atoms with Gasteiger partial charge in [-0.3, -0.25) is 4.79 Å². The third-order valence-corrected chi connectivity index (χ3v) is 2.92. The molecule has 3 nitrogen and oxygen atoms in total. The molecule has 1 amide bonds. The molecule has 1 rings (SSSR count). The van der Waals surface area contributed by atoms with Crippen LogP contribution < -0.4 is 11.1 Å². The highest BCUT2D eigenvalue weighted by Crippen LogP contribution is 2.11. The number of benzene rings is 1. The highest BCUT2D eigenvalue weighted by molar-refractivity contribution is 5.96. The predicted octanol–water partition coefficient (Wildman–Crippen LogP) is 2.44. The van der Waals surface area contributed by atoms with Crippen molar-refractivity contribution in [2.75, 3.05) is 6.54 Å². The summed E-state index contributed by atoms with van der Waals surface area (Å²) < 4.78 is 13.2. The summed E-state index contributed by atoms with van der Waals surface area (Å²) in [6.45, 7) is 4.24. The van der Waals surface area contributed by atoms with Crippen LogP contribution in [0, 0.1) is 17.7 Å². The third-order valence-electron chi connectivity index (χ3n) is 2.92. The standard InChI is InChI=1S/C16H21FN2O/c1-3-4-6-12(2)19-16(20)15-9-8-14(17)11-13(15)7-5-10-18/h8-9,11-12H,3-4,6,10,18H2,1-2H3,(H,19,20). The molecule has 4 heteroatoms. The molecule has 0 bridgehead atoms. The van der Waals surface area contributed by atoms with Gasteiger partial charge >= 0.3 is 0 Å². The molecule has 0 heterocycles. The van der Waals surface area contributed by atoms with Crippen LogP contribution in [0.2, 0.25) is 0 Å². The largest absolute Gasteiger partial charge is 0.350 e. The average Bonchev–Trinajstić information content (AvgIpc) is 2.42. The van der Waals surface area contributed by atoms with Crippen molar-refractivity contribution < 1.29 is 9.18 Å². The van der Waals surface area contributed by atoms with Crippen molar-refractivity contribution in [3.8, 4) is 11.8 Å². The molecule has 20 heavy (non-hydrogen) atoms. The summed E-state index contributed by atoms with van der Waals surface area (Å²) in [5, 5.41) is 2.91. The Morgan fingerprint density at radius 1 is 1.50 bits per heavy atom. The summed E-state index contributed by atoms with van der Waals surface area (Å²) in [6.07, 6.45) is 3.07. The van der Waals surface area contributed by atoms with E-state index < -0.39 is 5.82 Å². The lowest BCUT2D eigenvalue weighted by atomic mass is 10.1. The first-order valence-electron chi connectivity index (χ1n) is 6.87. The molecule has 1 aromatic rings. The van der Waals surface area contributed by atoms with Crippen LogP contribution in [-0.4, -0.2) is 18.5 Å². The lowest BCUT2D eigenvalue weighted by molar-refractivity contribution is 0.0937. The summed E-state index contributed by atoms with van der Waals surface area (Å²) in [7, 11) is 0. The van der Waals surface area contributed by atoms with E-state index in [0.717, 1.165) is 19.3 Å². The molecule has 0 fully saturated rings. The number of hydrogen-bond acceptors (Lipinski definition) is 2. The Morgan fingerprint density at radius 3 is 2.90 bits per heavy atom. The monoisotopic (exact) mass is 276 g/mol. The number of hydrogen-bond donors (Lipinski definition) is 2. The SMILES string of the molecule is CCCCC(C)NC(=O)c1ccc(F)cc1C#CCN. The van der Waals surface area contributed by atoms with E-state index in [0.29, 0.717) is 11.1 Å². The Hall–Kier alpha value is -1.86. The van der Waals surface area contributed by atoms with Crippen molar-refractivity contribution in [3.63, 3.8) is 0 Å².